The number of methoxy groups -OCH3 is 1. The molecular formula is C10H8N2O2S. The van der Waals surface area contributed by atoms with Crippen LogP contribution < -0.4 is 4.74 Å². The molecule has 1 heterocycles. The Morgan fingerprint density at radius 3 is 3.00 bits per heavy atom. The van der Waals surface area contributed by atoms with Crippen molar-refractivity contribution in [3.63, 3.8) is 0 Å². The maximum absolute atomic E-state index is 9.59. The van der Waals surface area contributed by atoms with E-state index in [1.54, 1.807) is 18.3 Å². The molecule has 0 atom stereocenters. The molecule has 0 saturated carbocycles. The molecule has 0 unspecified atom stereocenters. The van der Waals surface area contributed by atoms with Crippen molar-refractivity contribution in [2.75, 3.05) is 7.11 Å². The number of nitrogens with zero attached hydrogens (tertiary/aromatic N) is 1. The molecule has 2 N–H and O–H groups in total. The highest BCUT2D eigenvalue weighted by Crippen LogP contribution is 2.39. The summed E-state index contributed by atoms with van der Waals surface area (Å²) in [5, 5.41) is 20.9. The molecule has 4 nitrogen and oxygen atoms in total. The number of thioether (sulfide) groups is 1. The first kappa shape index (κ1) is 9.74. The largest absolute Gasteiger partial charge is 0.504 e. The lowest BCUT2D eigenvalue weighted by molar-refractivity contribution is 0.377. The molecule has 0 saturated heterocycles. The number of aromatic hydroxyl groups is 1. The van der Waals surface area contributed by atoms with Gasteiger partial charge in [0.15, 0.2) is 11.5 Å². The van der Waals surface area contributed by atoms with Crippen molar-refractivity contribution in [3.8, 4) is 16.9 Å². The van der Waals surface area contributed by atoms with Gasteiger partial charge in [-0.3, -0.25) is 0 Å². The minimum atomic E-state index is 0.0735. The lowest BCUT2D eigenvalue weighted by Crippen LogP contribution is -1.84. The number of aromatic nitrogens is 1. The van der Waals surface area contributed by atoms with Gasteiger partial charge < -0.3 is 14.8 Å². The van der Waals surface area contributed by atoms with Gasteiger partial charge in [-0.25, -0.2) is 0 Å². The Morgan fingerprint density at radius 2 is 2.33 bits per heavy atom. The predicted molar refractivity (Wildman–Crippen MR) is 58.0 cm³/mol. The Bertz CT molecular complexity index is 542. The molecular weight excluding hydrogens is 212 g/mol. The van der Waals surface area contributed by atoms with Gasteiger partial charge in [0.2, 0.25) is 0 Å². The topological polar surface area (TPSA) is 69.0 Å². The molecule has 0 aliphatic carbocycles. The van der Waals surface area contributed by atoms with E-state index in [1.807, 2.05) is 5.40 Å². The van der Waals surface area contributed by atoms with E-state index in [0.717, 1.165) is 27.6 Å². The normalized spacial score (nSPS) is 10.1. The first-order valence-corrected chi connectivity index (χ1v) is 5.02. The third-order valence-electron chi connectivity index (χ3n) is 2.10. The number of phenolic OH excluding ortho intramolecular Hbond substituents is 1. The van der Waals surface area contributed by atoms with Crippen LogP contribution in [0, 0.1) is 10.7 Å². The van der Waals surface area contributed by atoms with E-state index >= 15 is 0 Å². The number of ether oxygens (including phenoxy) is 1. The molecule has 0 spiro atoms. The molecule has 5 heteroatoms. The molecule has 0 aliphatic heterocycles. The summed E-state index contributed by atoms with van der Waals surface area (Å²) >= 11 is 1.03. The summed E-state index contributed by atoms with van der Waals surface area (Å²) in [6.45, 7) is 0. The van der Waals surface area contributed by atoms with E-state index in [-0.39, 0.29) is 5.75 Å². The quantitative estimate of drug-likeness (QED) is 0.602. The number of phenols is 1. The summed E-state index contributed by atoms with van der Waals surface area (Å²) in [5.41, 5.74) is 0.836. The van der Waals surface area contributed by atoms with Gasteiger partial charge in [-0.1, -0.05) is 0 Å². The molecule has 1 aromatic heterocycles. The number of fused-ring (bicyclic) bond motifs is 1. The summed E-state index contributed by atoms with van der Waals surface area (Å²) in [7, 11) is 1.49. The zero-order valence-corrected chi connectivity index (χ0v) is 8.76. The van der Waals surface area contributed by atoms with Crippen molar-refractivity contribution < 1.29 is 9.84 Å². The Morgan fingerprint density at radius 1 is 1.53 bits per heavy atom. The molecule has 1 aromatic carbocycles. The molecule has 2 aromatic rings. The second kappa shape index (κ2) is 3.75. The summed E-state index contributed by atoms with van der Waals surface area (Å²) < 4.78 is 5.11. The van der Waals surface area contributed by atoms with E-state index in [9.17, 15) is 5.11 Å². The van der Waals surface area contributed by atoms with Gasteiger partial charge in [0.25, 0.3) is 0 Å². The van der Waals surface area contributed by atoms with E-state index in [2.05, 4.69) is 4.98 Å². The van der Waals surface area contributed by atoms with E-state index in [1.165, 1.54) is 7.11 Å². The van der Waals surface area contributed by atoms with Crippen LogP contribution in [0.25, 0.3) is 10.9 Å². The SMILES string of the molecule is COc1c(O)ccc2[nH]cc(SC#N)c12. The van der Waals surface area contributed by atoms with E-state index in [0.29, 0.717) is 5.75 Å². The average Bonchev–Trinajstić information content (AvgIpc) is 2.63. The van der Waals surface area contributed by atoms with Crippen LogP contribution in [-0.2, 0) is 0 Å². The Balaban J connectivity index is 2.76. The summed E-state index contributed by atoms with van der Waals surface area (Å²) in [6.07, 6.45) is 1.72. The van der Waals surface area contributed by atoms with Crippen molar-refractivity contribution in [1.82, 2.24) is 4.98 Å². The van der Waals surface area contributed by atoms with Gasteiger partial charge in [0.05, 0.1) is 22.9 Å². The second-order valence-corrected chi connectivity index (χ2v) is 3.71. The average molecular weight is 220 g/mol. The zero-order chi connectivity index (χ0) is 10.8. The van der Waals surface area contributed by atoms with Gasteiger partial charge in [-0.2, -0.15) is 5.26 Å². The summed E-state index contributed by atoms with van der Waals surface area (Å²) in [5.74, 6) is 0.468. The molecule has 76 valence electrons. The molecule has 0 fully saturated rings. The maximum Gasteiger partial charge on any atom is 0.171 e. The fourth-order valence-electron chi connectivity index (χ4n) is 1.49. The first-order valence-electron chi connectivity index (χ1n) is 4.21. The Hall–Kier alpha value is -1.80. The smallest absolute Gasteiger partial charge is 0.171 e. The van der Waals surface area contributed by atoms with Crippen LogP contribution >= 0.6 is 11.8 Å². The summed E-state index contributed by atoms with van der Waals surface area (Å²) in [4.78, 5) is 3.76. The highest BCUT2D eigenvalue weighted by atomic mass is 32.2. The van der Waals surface area contributed by atoms with Crippen LogP contribution in [0.2, 0.25) is 0 Å². The second-order valence-electron chi connectivity index (χ2n) is 2.89. The fourth-order valence-corrected chi connectivity index (χ4v) is 2.01. The van der Waals surface area contributed by atoms with Crippen molar-refractivity contribution in [1.29, 1.82) is 5.26 Å². The van der Waals surface area contributed by atoms with Crippen LogP contribution in [0.5, 0.6) is 11.5 Å². The van der Waals surface area contributed by atoms with Crippen LogP contribution in [-0.4, -0.2) is 17.2 Å². The number of nitrogens with one attached hydrogen (secondary N) is 1. The number of aromatic amines is 1. The number of H-pyrrole nitrogens is 1. The summed E-state index contributed by atoms with van der Waals surface area (Å²) in [6, 6.07) is 3.30. The number of hydrogen-bond donors (Lipinski definition) is 2. The number of rotatable bonds is 2. The Labute approximate surface area is 90.5 Å². The van der Waals surface area contributed by atoms with Crippen molar-refractivity contribution in [3.05, 3.63) is 18.3 Å². The first-order chi connectivity index (χ1) is 7.27. The van der Waals surface area contributed by atoms with Crippen LogP contribution in [0.4, 0.5) is 0 Å². The number of nitriles is 1. The Kier molecular flexibility index (Phi) is 2.44. The van der Waals surface area contributed by atoms with Crippen LogP contribution in [0.15, 0.2) is 23.2 Å². The highest BCUT2D eigenvalue weighted by molar-refractivity contribution is 8.04. The third kappa shape index (κ3) is 1.49. The monoisotopic (exact) mass is 220 g/mol. The molecule has 15 heavy (non-hydrogen) atoms. The standard InChI is InChI=1S/C10H8N2O2S/c1-14-10-7(13)3-2-6-9(10)8(4-12-6)15-5-11/h2-4,12-13H,1H3. The van der Waals surface area contributed by atoms with Crippen molar-refractivity contribution in [2.45, 2.75) is 4.90 Å². The van der Waals surface area contributed by atoms with Gasteiger partial charge >= 0.3 is 0 Å². The lowest BCUT2D eigenvalue weighted by atomic mass is 10.2. The molecule has 0 radical (unpaired) electrons. The van der Waals surface area contributed by atoms with Crippen molar-refractivity contribution in [2.24, 2.45) is 0 Å². The van der Waals surface area contributed by atoms with Gasteiger partial charge in [0, 0.05) is 6.20 Å². The van der Waals surface area contributed by atoms with Crippen LogP contribution in [0.1, 0.15) is 0 Å². The maximum atomic E-state index is 9.59. The van der Waals surface area contributed by atoms with Crippen molar-refractivity contribution >= 4 is 22.7 Å². The number of benzene rings is 1. The molecule has 0 amide bonds. The lowest BCUT2D eigenvalue weighted by Gasteiger charge is -2.05. The minimum absolute atomic E-state index is 0.0735. The molecule has 0 aliphatic rings. The van der Waals surface area contributed by atoms with Crippen LogP contribution in [0.3, 0.4) is 0 Å². The molecule has 2 rings (SSSR count). The molecule has 0 bridgehead atoms. The fraction of sp³-hybridized carbons (Fsp3) is 0.100. The third-order valence-corrected chi connectivity index (χ3v) is 2.73. The highest BCUT2D eigenvalue weighted by Gasteiger charge is 2.13. The number of thiocyanates is 1. The number of hydrogen-bond acceptors (Lipinski definition) is 4. The van der Waals surface area contributed by atoms with E-state index in [4.69, 9.17) is 10.00 Å². The zero-order valence-electron chi connectivity index (χ0n) is 7.94. The van der Waals surface area contributed by atoms with Gasteiger partial charge in [0.1, 0.15) is 5.40 Å². The predicted octanol–water partition coefficient (Wildman–Crippen LogP) is 2.46. The minimum Gasteiger partial charge on any atom is -0.504 e. The van der Waals surface area contributed by atoms with E-state index < -0.39 is 0 Å². The van der Waals surface area contributed by atoms with Gasteiger partial charge in [-0.15, -0.1) is 0 Å². The van der Waals surface area contributed by atoms with Gasteiger partial charge in [-0.05, 0) is 23.9 Å².